The summed E-state index contributed by atoms with van der Waals surface area (Å²) in [6.45, 7) is 0.663. The van der Waals surface area contributed by atoms with Crippen molar-refractivity contribution in [2.75, 3.05) is 6.54 Å². The third kappa shape index (κ3) is 38.2. The zero-order chi connectivity index (χ0) is 30.3. The van der Waals surface area contributed by atoms with Crippen LogP contribution in [0, 0.1) is 0 Å². The molecule has 0 amide bonds. The van der Waals surface area contributed by atoms with Gasteiger partial charge in [0.1, 0.15) is 0 Å². The smallest absolute Gasteiger partial charge is 0.211 e. The molecule has 0 aliphatic rings. The van der Waals surface area contributed by atoms with Crippen molar-refractivity contribution >= 4 is 12.2 Å². The molecule has 4 heteroatoms. The standard InChI is InChI=1S/C38H68N2O2/c41-37-39-35-33-31-29-27-25-23-21-19-17-15-13-11-9-7-5-3-1-2-4-6-8-10-12-14-16-18-20-22-24-26-28-30-32-34-36-40-38-42/h29,31,33,35H,1-28,30,32,34,36H2. The van der Waals surface area contributed by atoms with Gasteiger partial charge in [-0.3, -0.25) is 0 Å². The fourth-order valence-corrected chi connectivity index (χ4v) is 5.75. The van der Waals surface area contributed by atoms with Gasteiger partial charge in [0.2, 0.25) is 12.2 Å². The minimum atomic E-state index is 0.663. The van der Waals surface area contributed by atoms with Crippen molar-refractivity contribution in [2.24, 2.45) is 9.98 Å². The summed E-state index contributed by atoms with van der Waals surface area (Å²) in [6.07, 6.45) is 53.4. The van der Waals surface area contributed by atoms with Crippen LogP contribution in [-0.2, 0) is 9.59 Å². The Morgan fingerprint density at radius 1 is 0.357 bits per heavy atom. The maximum atomic E-state index is 9.99. The quantitative estimate of drug-likeness (QED) is 0.0322. The Morgan fingerprint density at radius 2 is 0.667 bits per heavy atom. The van der Waals surface area contributed by atoms with E-state index in [-0.39, 0.29) is 0 Å². The summed E-state index contributed by atoms with van der Waals surface area (Å²) in [5.74, 6) is 0. The lowest BCUT2D eigenvalue weighted by atomic mass is 10.0. The number of hydrogen-bond acceptors (Lipinski definition) is 4. The summed E-state index contributed by atoms with van der Waals surface area (Å²) in [5, 5.41) is 0. The van der Waals surface area contributed by atoms with Crippen LogP contribution in [0.5, 0.6) is 0 Å². The molecule has 0 aliphatic carbocycles. The van der Waals surface area contributed by atoms with Crippen LogP contribution in [0.4, 0.5) is 0 Å². The van der Waals surface area contributed by atoms with Gasteiger partial charge in [0.05, 0.1) is 6.54 Å². The topological polar surface area (TPSA) is 58.9 Å². The maximum Gasteiger partial charge on any atom is 0.239 e. The first-order valence-corrected chi connectivity index (χ1v) is 18.3. The van der Waals surface area contributed by atoms with Crippen molar-refractivity contribution < 1.29 is 9.59 Å². The zero-order valence-electron chi connectivity index (χ0n) is 27.6. The predicted molar refractivity (Wildman–Crippen MR) is 183 cm³/mol. The molecule has 4 nitrogen and oxygen atoms in total. The Balaban J connectivity index is 3.08. The average molecular weight is 585 g/mol. The molecular formula is C38H68N2O2. The lowest BCUT2D eigenvalue weighted by molar-refractivity contribution is 0.512. The number of unbranched alkanes of at least 4 members (excludes halogenated alkanes) is 30. The van der Waals surface area contributed by atoms with E-state index in [0.717, 1.165) is 12.8 Å². The molecule has 0 saturated heterocycles. The molecule has 0 bridgehead atoms. The van der Waals surface area contributed by atoms with E-state index in [1.54, 1.807) is 12.2 Å². The number of allylic oxidation sites excluding steroid dienone is 3. The van der Waals surface area contributed by atoms with Crippen LogP contribution >= 0.6 is 0 Å². The maximum absolute atomic E-state index is 9.99. The van der Waals surface area contributed by atoms with Crippen molar-refractivity contribution in [1.82, 2.24) is 0 Å². The van der Waals surface area contributed by atoms with Gasteiger partial charge in [-0.2, -0.15) is 4.99 Å². The van der Waals surface area contributed by atoms with Crippen molar-refractivity contribution in [3.05, 3.63) is 24.4 Å². The highest BCUT2D eigenvalue weighted by Gasteiger charge is 1.97. The largest absolute Gasteiger partial charge is 0.239 e. The van der Waals surface area contributed by atoms with Gasteiger partial charge in [0.25, 0.3) is 0 Å². The van der Waals surface area contributed by atoms with E-state index < -0.39 is 0 Å². The van der Waals surface area contributed by atoms with Gasteiger partial charge in [0, 0.05) is 6.20 Å². The third-order valence-corrected chi connectivity index (χ3v) is 8.42. The highest BCUT2D eigenvalue weighted by Crippen LogP contribution is 2.16. The molecule has 0 radical (unpaired) electrons. The van der Waals surface area contributed by atoms with Crippen LogP contribution in [0.2, 0.25) is 0 Å². The molecular weight excluding hydrogens is 516 g/mol. The van der Waals surface area contributed by atoms with Gasteiger partial charge in [-0.15, -0.1) is 0 Å². The first-order chi connectivity index (χ1) is 20.9. The van der Waals surface area contributed by atoms with Crippen LogP contribution in [0.3, 0.4) is 0 Å². The molecule has 0 N–H and O–H groups in total. The molecule has 0 fully saturated rings. The first-order valence-electron chi connectivity index (χ1n) is 18.3. The van der Waals surface area contributed by atoms with E-state index in [1.807, 2.05) is 6.08 Å². The molecule has 0 unspecified atom stereocenters. The van der Waals surface area contributed by atoms with Crippen LogP contribution in [-0.4, -0.2) is 18.7 Å². The van der Waals surface area contributed by atoms with Crippen LogP contribution < -0.4 is 0 Å². The number of isocyanates is 2. The lowest BCUT2D eigenvalue weighted by Gasteiger charge is -2.04. The Labute approximate surface area is 261 Å². The number of hydrogen-bond donors (Lipinski definition) is 0. The van der Waals surface area contributed by atoms with Gasteiger partial charge < -0.3 is 0 Å². The number of carbonyl (C=O) groups excluding carboxylic acids is 2. The second-order valence-corrected chi connectivity index (χ2v) is 12.4. The molecule has 42 heavy (non-hydrogen) atoms. The second-order valence-electron chi connectivity index (χ2n) is 12.4. The Morgan fingerprint density at radius 3 is 0.976 bits per heavy atom. The molecule has 0 aromatic rings. The van der Waals surface area contributed by atoms with Crippen LogP contribution in [0.25, 0.3) is 0 Å². The van der Waals surface area contributed by atoms with Gasteiger partial charge >= 0.3 is 0 Å². The fourth-order valence-electron chi connectivity index (χ4n) is 5.75. The van der Waals surface area contributed by atoms with E-state index in [1.165, 1.54) is 198 Å². The third-order valence-electron chi connectivity index (χ3n) is 8.42. The normalized spacial score (nSPS) is 11.3. The molecule has 0 heterocycles. The van der Waals surface area contributed by atoms with Gasteiger partial charge in [0.15, 0.2) is 0 Å². The summed E-state index contributed by atoms with van der Waals surface area (Å²) in [6, 6.07) is 0. The molecule has 0 spiro atoms. The Hall–Kier alpha value is -1.76. The van der Waals surface area contributed by atoms with E-state index in [4.69, 9.17) is 0 Å². The highest BCUT2D eigenvalue weighted by molar-refractivity contribution is 5.34. The van der Waals surface area contributed by atoms with Gasteiger partial charge in [-0.1, -0.05) is 192 Å². The minimum Gasteiger partial charge on any atom is -0.211 e. The summed E-state index contributed by atoms with van der Waals surface area (Å²) < 4.78 is 0. The van der Waals surface area contributed by atoms with Crippen molar-refractivity contribution in [3.8, 4) is 0 Å². The summed E-state index contributed by atoms with van der Waals surface area (Å²) in [4.78, 5) is 26.9. The zero-order valence-corrected chi connectivity index (χ0v) is 27.6. The lowest BCUT2D eigenvalue weighted by Crippen LogP contribution is -1.85. The Kier molecular flexibility index (Phi) is 37.6. The van der Waals surface area contributed by atoms with Gasteiger partial charge in [-0.25, -0.2) is 14.6 Å². The van der Waals surface area contributed by atoms with Crippen molar-refractivity contribution in [3.63, 3.8) is 0 Å². The summed E-state index contributed by atoms with van der Waals surface area (Å²) >= 11 is 0. The number of nitrogens with zero attached hydrogens (tertiary/aromatic N) is 2. The van der Waals surface area contributed by atoms with E-state index >= 15 is 0 Å². The minimum absolute atomic E-state index is 0.663. The fraction of sp³-hybridized carbons (Fsp3) is 0.842. The number of aliphatic imine (C=N–C) groups is 2. The SMILES string of the molecule is O=C=NC=CC=CCCCCCCCCCCCCCCCCCCCCCCCCCCCCCCCCN=C=O. The molecule has 0 aromatic heterocycles. The molecule has 242 valence electrons. The number of rotatable bonds is 35. The van der Waals surface area contributed by atoms with E-state index in [0.29, 0.717) is 6.54 Å². The average Bonchev–Trinajstić information content (AvgIpc) is 3.00. The van der Waals surface area contributed by atoms with Gasteiger partial charge in [-0.05, 0) is 25.3 Å². The molecule has 0 aromatic carbocycles. The van der Waals surface area contributed by atoms with Crippen LogP contribution in [0.15, 0.2) is 34.4 Å². The van der Waals surface area contributed by atoms with E-state index in [9.17, 15) is 9.59 Å². The highest BCUT2D eigenvalue weighted by atomic mass is 16.1. The predicted octanol–water partition coefficient (Wildman–Crippen LogP) is 12.8. The molecule has 0 aliphatic heterocycles. The van der Waals surface area contributed by atoms with Crippen LogP contribution in [0.1, 0.15) is 199 Å². The monoisotopic (exact) mass is 585 g/mol. The molecule has 0 atom stereocenters. The Bertz CT molecular complexity index is 675. The van der Waals surface area contributed by atoms with Crippen molar-refractivity contribution in [1.29, 1.82) is 0 Å². The van der Waals surface area contributed by atoms with Crippen molar-refractivity contribution in [2.45, 2.75) is 199 Å². The second kappa shape index (κ2) is 39.2. The summed E-state index contributed by atoms with van der Waals surface area (Å²) in [7, 11) is 0. The first kappa shape index (κ1) is 40.2. The van der Waals surface area contributed by atoms with E-state index in [2.05, 4.69) is 16.1 Å². The summed E-state index contributed by atoms with van der Waals surface area (Å²) in [5.41, 5.74) is 0. The molecule has 0 saturated carbocycles. The molecule has 0 rings (SSSR count).